The summed E-state index contributed by atoms with van der Waals surface area (Å²) in [5, 5.41) is 17.7. The van der Waals surface area contributed by atoms with E-state index in [2.05, 4.69) is 10.4 Å². The van der Waals surface area contributed by atoms with Crippen LogP contribution in [0.4, 0.5) is 5.69 Å². The topological polar surface area (TPSA) is 116 Å². The predicted molar refractivity (Wildman–Crippen MR) is 86.1 cm³/mol. The molecule has 0 fully saturated rings. The second-order valence-electron chi connectivity index (χ2n) is 5.43. The molecule has 0 saturated heterocycles. The third kappa shape index (κ3) is 4.90. The zero-order chi connectivity index (χ0) is 18.4. The third-order valence-electron chi connectivity index (χ3n) is 3.36. The number of nitrogens with zero attached hydrogens (tertiary/aromatic N) is 3. The molecule has 0 aliphatic rings. The van der Waals surface area contributed by atoms with Gasteiger partial charge in [-0.1, -0.05) is 6.92 Å². The molecule has 9 nitrogen and oxygen atoms in total. The molecule has 9 heteroatoms. The van der Waals surface area contributed by atoms with Gasteiger partial charge in [-0.05, 0) is 27.7 Å². The van der Waals surface area contributed by atoms with Gasteiger partial charge in [0.15, 0.2) is 0 Å². The number of hydrogen-bond acceptors (Lipinski definition) is 6. The first-order chi connectivity index (χ1) is 11.2. The van der Waals surface area contributed by atoms with Gasteiger partial charge < -0.3 is 10.1 Å². The van der Waals surface area contributed by atoms with E-state index in [1.165, 1.54) is 10.8 Å². The highest BCUT2D eigenvalue weighted by Gasteiger charge is 2.24. The van der Waals surface area contributed by atoms with Gasteiger partial charge in [0.25, 0.3) is 0 Å². The Labute approximate surface area is 139 Å². The molecule has 1 amide bonds. The van der Waals surface area contributed by atoms with E-state index in [9.17, 15) is 19.7 Å². The molecule has 1 N–H and O–H groups in total. The molecule has 0 aromatic carbocycles. The summed E-state index contributed by atoms with van der Waals surface area (Å²) in [6.45, 7) is 8.54. The first-order valence-electron chi connectivity index (χ1n) is 7.51. The Morgan fingerprint density at radius 3 is 2.58 bits per heavy atom. The zero-order valence-corrected chi connectivity index (χ0v) is 14.5. The Balaban J connectivity index is 2.76. The van der Waals surface area contributed by atoms with Gasteiger partial charge in [0.2, 0.25) is 5.91 Å². The van der Waals surface area contributed by atoms with Crippen molar-refractivity contribution in [3.8, 4) is 0 Å². The van der Waals surface area contributed by atoms with Crippen LogP contribution >= 0.6 is 0 Å². The number of ether oxygens (including phenoxy) is 1. The summed E-state index contributed by atoms with van der Waals surface area (Å²) in [7, 11) is 0. The fourth-order valence-corrected chi connectivity index (χ4v) is 2.19. The minimum atomic E-state index is -0.530. The Morgan fingerprint density at radius 2 is 2.08 bits per heavy atom. The first-order valence-corrected chi connectivity index (χ1v) is 7.51. The van der Waals surface area contributed by atoms with Crippen molar-refractivity contribution in [1.82, 2.24) is 15.1 Å². The maximum Gasteiger partial charge on any atom is 0.332 e. The van der Waals surface area contributed by atoms with Gasteiger partial charge in [0, 0.05) is 11.8 Å². The standard InChI is InChI=1S/C15H22N4O5/c1-6-24-13(20)7-10(3)16-15(21)9(2)8-18-12(5)14(19(22)23)11(4)17-18/h7,9H,6,8H2,1-5H3,(H,16,21)/b10-7+. The Bertz CT molecular complexity index is 678. The number of allylic oxidation sites excluding steroid dienone is 1. The number of carbonyl (C=O) groups excluding carboxylic acids is 2. The molecule has 0 spiro atoms. The number of hydrogen-bond donors (Lipinski definition) is 1. The lowest BCUT2D eigenvalue weighted by Crippen LogP contribution is -2.31. The summed E-state index contributed by atoms with van der Waals surface area (Å²) >= 11 is 0. The van der Waals surface area contributed by atoms with Crippen molar-refractivity contribution in [2.75, 3.05) is 6.61 Å². The van der Waals surface area contributed by atoms with Gasteiger partial charge in [-0.25, -0.2) is 4.79 Å². The lowest BCUT2D eigenvalue weighted by molar-refractivity contribution is -0.386. The number of carbonyl (C=O) groups is 2. The molecule has 0 aliphatic heterocycles. The zero-order valence-electron chi connectivity index (χ0n) is 14.5. The molecule has 1 aromatic heterocycles. The van der Waals surface area contributed by atoms with Gasteiger partial charge in [0.05, 0.1) is 24.0 Å². The SMILES string of the molecule is CCOC(=O)/C=C(\C)NC(=O)C(C)Cn1nc(C)c([N+](=O)[O-])c1C. The van der Waals surface area contributed by atoms with Crippen LogP contribution < -0.4 is 5.32 Å². The van der Waals surface area contributed by atoms with Gasteiger partial charge in [-0.3, -0.25) is 19.6 Å². The number of amides is 1. The molecule has 1 aromatic rings. The third-order valence-corrected chi connectivity index (χ3v) is 3.36. The first kappa shape index (κ1) is 19.3. The van der Waals surface area contributed by atoms with Gasteiger partial charge in [0.1, 0.15) is 11.4 Å². The van der Waals surface area contributed by atoms with Gasteiger partial charge in [-0.2, -0.15) is 5.10 Å². The summed E-state index contributed by atoms with van der Waals surface area (Å²) in [6.07, 6.45) is 1.20. The second-order valence-corrected chi connectivity index (χ2v) is 5.43. The lowest BCUT2D eigenvalue weighted by atomic mass is 10.1. The van der Waals surface area contributed by atoms with E-state index in [-0.39, 0.29) is 24.7 Å². The van der Waals surface area contributed by atoms with Crippen LogP contribution in [0.15, 0.2) is 11.8 Å². The molecule has 1 rings (SSSR count). The number of nitrogens with one attached hydrogen (secondary N) is 1. The minimum Gasteiger partial charge on any atom is -0.463 e. The van der Waals surface area contributed by atoms with Crippen molar-refractivity contribution in [1.29, 1.82) is 0 Å². The largest absolute Gasteiger partial charge is 0.463 e. The fourth-order valence-electron chi connectivity index (χ4n) is 2.19. The normalized spacial score (nSPS) is 12.6. The van der Waals surface area contributed by atoms with Crippen LogP contribution in [-0.4, -0.2) is 33.2 Å². The summed E-state index contributed by atoms with van der Waals surface area (Å²) in [5.41, 5.74) is 1.03. The van der Waals surface area contributed by atoms with Crippen LogP contribution in [0, 0.1) is 29.9 Å². The molecule has 0 radical (unpaired) electrons. The van der Waals surface area contributed by atoms with Crippen LogP contribution in [0.5, 0.6) is 0 Å². The van der Waals surface area contributed by atoms with E-state index < -0.39 is 16.8 Å². The summed E-state index contributed by atoms with van der Waals surface area (Å²) in [6, 6.07) is 0. The van der Waals surface area contributed by atoms with Crippen molar-refractivity contribution >= 4 is 17.6 Å². The average molecular weight is 338 g/mol. The van der Waals surface area contributed by atoms with Crippen LogP contribution in [0.25, 0.3) is 0 Å². The molecular formula is C15H22N4O5. The Morgan fingerprint density at radius 1 is 1.46 bits per heavy atom. The molecule has 1 unspecified atom stereocenters. The number of nitro groups is 1. The van der Waals surface area contributed by atoms with E-state index >= 15 is 0 Å². The van der Waals surface area contributed by atoms with E-state index in [0.717, 1.165) is 0 Å². The van der Waals surface area contributed by atoms with E-state index in [1.807, 2.05) is 0 Å². The molecule has 0 saturated carbocycles. The van der Waals surface area contributed by atoms with Crippen molar-refractivity contribution in [2.45, 2.75) is 41.2 Å². The Hall–Kier alpha value is -2.71. The van der Waals surface area contributed by atoms with Crippen LogP contribution in [0.2, 0.25) is 0 Å². The molecule has 1 atom stereocenters. The number of esters is 1. The molecule has 0 aliphatic carbocycles. The molecule has 132 valence electrons. The summed E-state index contributed by atoms with van der Waals surface area (Å²) in [5.74, 6) is -1.34. The monoisotopic (exact) mass is 338 g/mol. The predicted octanol–water partition coefficient (Wildman–Crippen LogP) is 1.63. The van der Waals surface area contributed by atoms with Crippen molar-refractivity contribution in [2.24, 2.45) is 5.92 Å². The van der Waals surface area contributed by atoms with E-state index in [0.29, 0.717) is 17.1 Å². The van der Waals surface area contributed by atoms with Crippen LogP contribution in [0.3, 0.4) is 0 Å². The number of aryl methyl sites for hydroxylation is 1. The van der Waals surface area contributed by atoms with Gasteiger partial charge in [-0.15, -0.1) is 0 Å². The van der Waals surface area contributed by atoms with E-state index in [4.69, 9.17) is 4.74 Å². The number of rotatable bonds is 7. The lowest BCUT2D eigenvalue weighted by Gasteiger charge is -2.13. The Kier molecular flexibility index (Phi) is 6.63. The number of aromatic nitrogens is 2. The summed E-state index contributed by atoms with van der Waals surface area (Å²) < 4.78 is 6.21. The molecule has 24 heavy (non-hydrogen) atoms. The van der Waals surface area contributed by atoms with E-state index in [1.54, 1.807) is 34.6 Å². The van der Waals surface area contributed by atoms with Crippen LogP contribution in [0.1, 0.15) is 32.2 Å². The molecular weight excluding hydrogens is 316 g/mol. The van der Waals surface area contributed by atoms with Crippen molar-refractivity contribution in [3.05, 3.63) is 33.3 Å². The highest BCUT2D eigenvalue weighted by molar-refractivity contribution is 5.85. The highest BCUT2D eigenvalue weighted by Crippen LogP contribution is 2.22. The second kappa shape index (κ2) is 8.23. The summed E-state index contributed by atoms with van der Waals surface area (Å²) in [4.78, 5) is 34.0. The van der Waals surface area contributed by atoms with Crippen LogP contribution in [-0.2, 0) is 20.9 Å². The van der Waals surface area contributed by atoms with Gasteiger partial charge >= 0.3 is 11.7 Å². The average Bonchev–Trinajstić information content (AvgIpc) is 2.72. The van der Waals surface area contributed by atoms with Crippen molar-refractivity contribution in [3.63, 3.8) is 0 Å². The molecule has 1 heterocycles. The van der Waals surface area contributed by atoms with Crippen molar-refractivity contribution < 1.29 is 19.2 Å². The highest BCUT2D eigenvalue weighted by atomic mass is 16.6. The maximum atomic E-state index is 12.2. The minimum absolute atomic E-state index is 0.0407. The quantitative estimate of drug-likeness (QED) is 0.349. The molecule has 0 bridgehead atoms. The fraction of sp³-hybridized carbons (Fsp3) is 0.533. The smallest absolute Gasteiger partial charge is 0.332 e. The maximum absolute atomic E-state index is 12.2.